The summed E-state index contributed by atoms with van der Waals surface area (Å²) >= 11 is 0. The molecule has 0 aliphatic carbocycles. The molecule has 0 saturated carbocycles. The first-order valence-corrected chi connectivity index (χ1v) is 5.24. The predicted molar refractivity (Wildman–Crippen MR) is 64.9 cm³/mol. The summed E-state index contributed by atoms with van der Waals surface area (Å²) in [5.41, 5.74) is 0.342. The Balaban J connectivity index is 2.85. The lowest BCUT2D eigenvalue weighted by Gasteiger charge is -2.10. The maximum absolute atomic E-state index is 10.7. The predicted octanol–water partition coefficient (Wildman–Crippen LogP) is 1.74. The van der Waals surface area contributed by atoms with E-state index in [1.165, 1.54) is 19.2 Å². The second-order valence-electron chi connectivity index (χ2n) is 3.80. The van der Waals surface area contributed by atoms with Gasteiger partial charge in [0.15, 0.2) is 0 Å². The van der Waals surface area contributed by atoms with E-state index < -0.39 is 16.8 Å². The minimum absolute atomic E-state index is 0.111. The standard InChI is InChI=1S/C11H14N2O5/c1-7(11(14)15)6-12-8-3-9(13(16)17)5-10(4-8)18-2/h3-5,7,12H,6H2,1-2H3,(H,14,15). The molecule has 0 radical (unpaired) electrons. The molecule has 0 aromatic heterocycles. The molecule has 98 valence electrons. The number of nitrogens with one attached hydrogen (secondary N) is 1. The van der Waals surface area contributed by atoms with Crippen LogP contribution in [-0.2, 0) is 4.79 Å². The number of nitro benzene ring substituents is 1. The highest BCUT2D eigenvalue weighted by molar-refractivity contribution is 5.70. The fraction of sp³-hybridized carbons (Fsp3) is 0.364. The summed E-state index contributed by atoms with van der Waals surface area (Å²) < 4.78 is 4.94. The average molecular weight is 254 g/mol. The van der Waals surface area contributed by atoms with Crippen molar-refractivity contribution in [2.24, 2.45) is 5.92 Å². The van der Waals surface area contributed by atoms with Gasteiger partial charge in [-0.1, -0.05) is 6.92 Å². The summed E-state index contributed by atoms with van der Waals surface area (Å²) in [6.45, 7) is 1.73. The van der Waals surface area contributed by atoms with E-state index in [1.54, 1.807) is 13.0 Å². The molecule has 1 aromatic carbocycles. The van der Waals surface area contributed by atoms with Crippen molar-refractivity contribution >= 4 is 17.3 Å². The van der Waals surface area contributed by atoms with Crippen LogP contribution in [0.2, 0.25) is 0 Å². The van der Waals surface area contributed by atoms with Crippen LogP contribution in [0.25, 0.3) is 0 Å². The Labute approximate surface area is 104 Å². The third-order valence-corrected chi connectivity index (χ3v) is 2.37. The van der Waals surface area contributed by atoms with Crippen LogP contribution in [-0.4, -0.2) is 29.7 Å². The van der Waals surface area contributed by atoms with Crippen molar-refractivity contribution in [2.75, 3.05) is 19.0 Å². The largest absolute Gasteiger partial charge is 0.496 e. The number of nitrogens with zero attached hydrogens (tertiary/aromatic N) is 1. The molecular formula is C11H14N2O5. The van der Waals surface area contributed by atoms with Crippen molar-refractivity contribution in [1.82, 2.24) is 0 Å². The van der Waals surface area contributed by atoms with Gasteiger partial charge < -0.3 is 15.2 Å². The molecule has 0 saturated heterocycles. The molecule has 7 nitrogen and oxygen atoms in total. The fourth-order valence-electron chi connectivity index (χ4n) is 1.27. The molecule has 1 rings (SSSR count). The first-order chi connectivity index (χ1) is 8.43. The van der Waals surface area contributed by atoms with Gasteiger partial charge in [-0.2, -0.15) is 0 Å². The molecule has 0 bridgehead atoms. The van der Waals surface area contributed by atoms with Gasteiger partial charge in [0.2, 0.25) is 0 Å². The van der Waals surface area contributed by atoms with E-state index in [2.05, 4.69) is 5.32 Å². The zero-order chi connectivity index (χ0) is 13.7. The molecule has 0 amide bonds. The first kappa shape index (κ1) is 13.8. The molecule has 0 spiro atoms. The maximum atomic E-state index is 10.7. The number of benzene rings is 1. The molecule has 0 heterocycles. The molecule has 7 heteroatoms. The number of aliphatic carboxylic acids is 1. The highest BCUT2D eigenvalue weighted by Gasteiger charge is 2.13. The van der Waals surface area contributed by atoms with Gasteiger partial charge in [0, 0.05) is 24.4 Å². The van der Waals surface area contributed by atoms with Gasteiger partial charge in [0.05, 0.1) is 24.0 Å². The number of methoxy groups -OCH3 is 1. The Morgan fingerprint density at radius 3 is 2.72 bits per heavy atom. The van der Waals surface area contributed by atoms with E-state index in [-0.39, 0.29) is 12.2 Å². The molecule has 1 atom stereocenters. The molecule has 18 heavy (non-hydrogen) atoms. The van der Waals surface area contributed by atoms with Gasteiger partial charge in [-0.15, -0.1) is 0 Å². The number of carboxylic acids is 1. The van der Waals surface area contributed by atoms with Crippen molar-refractivity contribution < 1.29 is 19.6 Å². The van der Waals surface area contributed by atoms with Crippen LogP contribution in [0.1, 0.15) is 6.92 Å². The molecule has 0 aliphatic rings. The SMILES string of the molecule is COc1cc(NCC(C)C(=O)O)cc([N+](=O)[O-])c1. The van der Waals surface area contributed by atoms with Crippen LogP contribution in [0.3, 0.4) is 0 Å². The van der Waals surface area contributed by atoms with Crippen molar-refractivity contribution in [3.8, 4) is 5.75 Å². The highest BCUT2D eigenvalue weighted by Crippen LogP contribution is 2.25. The maximum Gasteiger partial charge on any atom is 0.308 e. The number of carbonyl (C=O) groups is 1. The van der Waals surface area contributed by atoms with Crippen molar-refractivity contribution in [1.29, 1.82) is 0 Å². The number of ether oxygens (including phenoxy) is 1. The fourth-order valence-corrected chi connectivity index (χ4v) is 1.27. The molecule has 1 aromatic rings. The van der Waals surface area contributed by atoms with E-state index in [1.807, 2.05) is 0 Å². The number of non-ortho nitro benzene ring substituents is 1. The van der Waals surface area contributed by atoms with Crippen LogP contribution < -0.4 is 10.1 Å². The number of rotatable bonds is 6. The zero-order valence-corrected chi connectivity index (χ0v) is 10.0. The number of anilines is 1. The minimum Gasteiger partial charge on any atom is -0.496 e. The minimum atomic E-state index is -0.931. The highest BCUT2D eigenvalue weighted by atomic mass is 16.6. The van der Waals surface area contributed by atoms with Crippen molar-refractivity contribution in [2.45, 2.75) is 6.92 Å². The van der Waals surface area contributed by atoms with Crippen LogP contribution in [0.5, 0.6) is 5.75 Å². The Bertz CT molecular complexity index is 461. The topological polar surface area (TPSA) is 102 Å². The Hall–Kier alpha value is -2.31. The molecule has 2 N–H and O–H groups in total. The van der Waals surface area contributed by atoms with Gasteiger partial charge >= 0.3 is 5.97 Å². The van der Waals surface area contributed by atoms with Crippen LogP contribution >= 0.6 is 0 Å². The monoisotopic (exact) mass is 254 g/mol. The summed E-state index contributed by atoms with van der Waals surface area (Å²) in [5, 5.41) is 22.3. The van der Waals surface area contributed by atoms with E-state index in [0.29, 0.717) is 11.4 Å². The summed E-state index contributed by atoms with van der Waals surface area (Å²) in [4.78, 5) is 20.8. The summed E-state index contributed by atoms with van der Waals surface area (Å²) in [6.07, 6.45) is 0. The Kier molecular flexibility index (Phi) is 4.47. The molecule has 0 fully saturated rings. The molecular weight excluding hydrogens is 240 g/mol. The van der Waals surface area contributed by atoms with Crippen LogP contribution in [0.15, 0.2) is 18.2 Å². The van der Waals surface area contributed by atoms with Gasteiger partial charge in [-0.25, -0.2) is 0 Å². The number of carboxylic acid groups (broad SMARTS) is 1. The Morgan fingerprint density at radius 1 is 1.56 bits per heavy atom. The lowest BCUT2D eigenvalue weighted by Crippen LogP contribution is -2.19. The zero-order valence-electron chi connectivity index (χ0n) is 10.0. The number of hydrogen-bond acceptors (Lipinski definition) is 5. The summed E-state index contributed by atoms with van der Waals surface area (Å²) in [6, 6.07) is 4.20. The Morgan fingerprint density at radius 2 is 2.22 bits per heavy atom. The summed E-state index contributed by atoms with van der Waals surface area (Å²) in [7, 11) is 1.41. The normalized spacial score (nSPS) is 11.7. The lowest BCUT2D eigenvalue weighted by molar-refractivity contribution is -0.384. The average Bonchev–Trinajstić information content (AvgIpc) is 2.35. The second kappa shape index (κ2) is 5.85. The van der Waals surface area contributed by atoms with Crippen LogP contribution in [0.4, 0.5) is 11.4 Å². The number of nitro groups is 1. The molecule has 0 aliphatic heterocycles. The third kappa shape index (κ3) is 3.62. The second-order valence-corrected chi connectivity index (χ2v) is 3.80. The number of hydrogen-bond donors (Lipinski definition) is 2. The van der Waals surface area contributed by atoms with Crippen LogP contribution in [0, 0.1) is 16.0 Å². The van der Waals surface area contributed by atoms with E-state index in [0.717, 1.165) is 0 Å². The van der Waals surface area contributed by atoms with Crippen molar-refractivity contribution in [3.63, 3.8) is 0 Å². The third-order valence-electron chi connectivity index (χ3n) is 2.37. The van der Waals surface area contributed by atoms with Gasteiger partial charge in [0.25, 0.3) is 5.69 Å². The van der Waals surface area contributed by atoms with E-state index in [4.69, 9.17) is 9.84 Å². The van der Waals surface area contributed by atoms with E-state index in [9.17, 15) is 14.9 Å². The smallest absolute Gasteiger partial charge is 0.308 e. The summed E-state index contributed by atoms with van der Waals surface area (Å²) in [5.74, 6) is -1.18. The van der Waals surface area contributed by atoms with Crippen molar-refractivity contribution in [3.05, 3.63) is 28.3 Å². The van der Waals surface area contributed by atoms with E-state index >= 15 is 0 Å². The van der Waals surface area contributed by atoms with Gasteiger partial charge in [-0.3, -0.25) is 14.9 Å². The first-order valence-electron chi connectivity index (χ1n) is 5.24. The van der Waals surface area contributed by atoms with Gasteiger partial charge in [0.1, 0.15) is 5.75 Å². The quantitative estimate of drug-likeness (QED) is 0.592. The lowest BCUT2D eigenvalue weighted by atomic mass is 10.2. The molecule has 1 unspecified atom stereocenters. The van der Waals surface area contributed by atoms with Gasteiger partial charge in [-0.05, 0) is 0 Å².